The molecule has 20 heavy (non-hydrogen) atoms. The predicted octanol–water partition coefficient (Wildman–Crippen LogP) is 2.05. The lowest BCUT2D eigenvalue weighted by Gasteiger charge is -2.55. The first-order valence-electron chi connectivity index (χ1n) is 7.18. The number of amides is 2. The lowest BCUT2D eigenvalue weighted by atomic mass is 9.52. The summed E-state index contributed by atoms with van der Waals surface area (Å²) in [5, 5.41) is 9.49. The van der Waals surface area contributed by atoms with E-state index in [-0.39, 0.29) is 11.8 Å². The Morgan fingerprint density at radius 3 is 1.90 bits per heavy atom. The summed E-state index contributed by atoms with van der Waals surface area (Å²) in [5.74, 6) is -1.32. The summed E-state index contributed by atoms with van der Waals surface area (Å²) in [6, 6.07) is 0. The van der Waals surface area contributed by atoms with Gasteiger partial charge in [-0.1, -0.05) is 20.8 Å². The number of likely N-dealkylation sites (tertiary alicyclic amines) is 1. The maximum Gasteiger partial charge on any atom is 0.309 e. The molecule has 1 N–H and O–H groups in total. The van der Waals surface area contributed by atoms with Crippen LogP contribution in [0.3, 0.4) is 0 Å². The second-order valence-corrected chi connectivity index (χ2v) is 7.28. The third-order valence-corrected chi connectivity index (χ3v) is 4.83. The van der Waals surface area contributed by atoms with Gasteiger partial charge in [0.25, 0.3) is 0 Å². The van der Waals surface area contributed by atoms with Gasteiger partial charge in [0, 0.05) is 17.4 Å². The van der Waals surface area contributed by atoms with Gasteiger partial charge in [-0.05, 0) is 32.6 Å². The van der Waals surface area contributed by atoms with E-state index in [4.69, 9.17) is 0 Å². The van der Waals surface area contributed by atoms with E-state index in [1.807, 2.05) is 20.8 Å². The Morgan fingerprint density at radius 2 is 1.55 bits per heavy atom. The van der Waals surface area contributed by atoms with E-state index in [1.54, 1.807) is 6.92 Å². The lowest BCUT2D eigenvalue weighted by molar-refractivity contribution is -0.183. The summed E-state index contributed by atoms with van der Waals surface area (Å²) in [6.07, 6.45) is 1.79. The Balaban J connectivity index is 2.48. The van der Waals surface area contributed by atoms with Crippen LogP contribution in [-0.4, -0.2) is 34.3 Å². The highest BCUT2D eigenvalue weighted by molar-refractivity contribution is 6.04. The highest BCUT2D eigenvalue weighted by Gasteiger charge is 2.63. The summed E-state index contributed by atoms with van der Waals surface area (Å²) in [5.41, 5.74) is -2.50. The number of carboxylic acid groups (broad SMARTS) is 1. The van der Waals surface area contributed by atoms with E-state index >= 15 is 0 Å². The molecule has 1 aliphatic heterocycles. The van der Waals surface area contributed by atoms with Crippen LogP contribution in [0.4, 0.5) is 0 Å². The Hall–Kier alpha value is -1.39. The second kappa shape index (κ2) is 4.30. The van der Waals surface area contributed by atoms with Crippen molar-refractivity contribution < 1.29 is 19.5 Å². The van der Waals surface area contributed by atoms with E-state index in [0.29, 0.717) is 25.8 Å². The summed E-state index contributed by atoms with van der Waals surface area (Å²) in [7, 11) is 0. The molecular formula is C15H23NO4. The molecule has 0 spiro atoms. The molecule has 1 heterocycles. The van der Waals surface area contributed by atoms with Crippen molar-refractivity contribution in [3.63, 3.8) is 0 Å². The number of carbonyl (C=O) groups is 3. The van der Waals surface area contributed by atoms with Crippen LogP contribution in [0.1, 0.15) is 53.4 Å². The van der Waals surface area contributed by atoms with E-state index in [2.05, 4.69) is 0 Å². The summed E-state index contributed by atoms with van der Waals surface area (Å²) >= 11 is 0. The van der Waals surface area contributed by atoms with Crippen molar-refractivity contribution in [2.75, 3.05) is 6.54 Å². The molecule has 0 aromatic heterocycles. The van der Waals surface area contributed by atoms with Crippen LogP contribution >= 0.6 is 0 Å². The number of aliphatic carboxylic acids is 1. The van der Waals surface area contributed by atoms with Crippen molar-refractivity contribution >= 4 is 17.8 Å². The van der Waals surface area contributed by atoms with Crippen LogP contribution in [0.2, 0.25) is 0 Å². The number of carboxylic acids is 1. The number of imide groups is 1. The molecule has 1 saturated carbocycles. The van der Waals surface area contributed by atoms with E-state index in [1.165, 1.54) is 4.90 Å². The van der Waals surface area contributed by atoms with Gasteiger partial charge in [-0.3, -0.25) is 19.3 Å². The number of hydrogen-bond acceptors (Lipinski definition) is 3. The van der Waals surface area contributed by atoms with E-state index in [9.17, 15) is 19.5 Å². The van der Waals surface area contributed by atoms with Crippen LogP contribution in [0, 0.1) is 16.2 Å². The van der Waals surface area contributed by atoms with Crippen molar-refractivity contribution in [2.45, 2.75) is 53.4 Å². The highest BCUT2D eigenvalue weighted by Crippen LogP contribution is 2.58. The average molecular weight is 281 g/mol. The minimum atomic E-state index is -1.01. The molecule has 2 atom stereocenters. The van der Waals surface area contributed by atoms with Crippen LogP contribution in [-0.2, 0) is 14.4 Å². The van der Waals surface area contributed by atoms with Gasteiger partial charge in [0.15, 0.2) is 0 Å². The van der Waals surface area contributed by atoms with Crippen LogP contribution in [0.5, 0.6) is 0 Å². The molecule has 0 radical (unpaired) electrons. The zero-order valence-electron chi connectivity index (χ0n) is 12.7. The SMILES string of the molecule is CCCN1C(=O)C2(C)CC(C)(C(=O)O)CC(C)(C2)C1=O. The maximum atomic E-state index is 12.6. The smallest absolute Gasteiger partial charge is 0.309 e. The van der Waals surface area contributed by atoms with Gasteiger partial charge in [-0.15, -0.1) is 0 Å². The molecule has 2 unspecified atom stereocenters. The zero-order chi connectivity index (χ0) is 15.3. The topological polar surface area (TPSA) is 74.7 Å². The Morgan fingerprint density at radius 1 is 1.10 bits per heavy atom. The zero-order valence-corrected chi connectivity index (χ0v) is 12.7. The third kappa shape index (κ3) is 1.95. The minimum absolute atomic E-state index is 0.200. The number of piperidine rings is 1. The molecule has 5 nitrogen and oxygen atoms in total. The number of hydrogen-bond donors (Lipinski definition) is 1. The van der Waals surface area contributed by atoms with Crippen molar-refractivity contribution in [2.24, 2.45) is 16.2 Å². The van der Waals surface area contributed by atoms with Gasteiger partial charge < -0.3 is 5.11 Å². The molecule has 2 amide bonds. The fourth-order valence-electron chi connectivity index (χ4n) is 4.40. The summed E-state index contributed by atoms with van der Waals surface area (Å²) < 4.78 is 0. The molecule has 1 saturated heterocycles. The Kier molecular flexibility index (Phi) is 3.23. The molecule has 2 fully saturated rings. The van der Waals surface area contributed by atoms with Crippen molar-refractivity contribution in [3.05, 3.63) is 0 Å². The summed E-state index contributed by atoms with van der Waals surface area (Å²) in [4.78, 5) is 38.2. The lowest BCUT2D eigenvalue weighted by Crippen LogP contribution is -2.64. The molecule has 0 aromatic rings. The van der Waals surface area contributed by atoms with Gasteiger partial charge in [0.05, 0.1) is 5.41 Å². The van der Waals surface area contributed by atoms with Gasteiger partial charge in [-0.2, -0.15) is 0 Å². The summed E-state index contributed by atoms with van der Waals surface area (Å²) in [6.45, 7) is 7.62. The van der Waals surface area contributed by atoms with Crippen LogP contribution < -0.4 is 0 Å². The predicted molar refractivity (Wildman–Crippen MR) is 72.8 cm³/mol. The molecule has 2 bridgehead atoms. The first kappa shape index (κ1) is 15.0. The van der Waals surface area contributed by atoms with Gasteiger partial charge in [0.2, 0.25) is 11.8 Å². The standard InChI is InChI=1S/C15H23NO4/c1-5-6-16-10(17)13(2)7-14(3,11(16)18)9-15(4,8-13)12(19)20/h5-9H2,1-4H3,(H,19,20). The highest BCUT2D eigenvalue weighted by atomic mass is 16.4. The van der Waals surface area contributed by atoms with E-state index in [0.717, 1.165) is 6.42 Å². The molecule has 112 valence electrons. The third-order valence-electron chi connectivity index (χ3n) is 4.83. The molecule has 1 aliphatic carbocycles. The number of fused-ring (bicyclic) bond motifs is 2. The first-order valence-corrected chi connectivity index (χ1v) is 7.18. The normalized spacial score (nSPS) is 40.9. The second-order valence-electron chi connectivity index (χ2n) is 7.28. The fourth-order valence-corrected chi connectivity index (χ4v) is 4.40. The molecule has 0 aromatic carbocycles. The molecule has 2 aliphatic rings. The van der Waals surface area contributed by atoms with Gasteiger partial charge >= 0.3 is 5.97 Å². The molecule has 2 rings (SSSR count). The van der Waals surface area contributed by atoms with Gasteiger partial charge in [-0.25, -0.2) is 0 Å². The number of carbonyl (C=O) groups excluding carboxylic acids is 2. The van der Waals surface area contributed by atoms with Gasteiger partial charge in [0.1, 0.15) is 0 Å². The van der Waals surface area contributed by atoms with E-state index < -0.39 is 22.2 Å². The first-order chi connectivity index (χ1) is 9.08. The molecular weight excluding hydrogens is 258 g/mol. The minimum Gasteiger partial charge on any atom is -0.481 e. The number of nitrogens with zero attached hydrogens (tertiary/aromatic N) is 1. The van der Waals surface area contributed by atoms with Crippen LogP contribution in [0.15, 0.2) is 0 Å². The maximum absolute atomic E-state index is 12.6. The largest absolute Gasteiger partial charge is 0.481 e. The van der Waals surface area contributed by atoms with Crippen molar-refractivity contribution in [1.29, 1.82) is 0 Å². The van der Waals surface area contributed by atoms with Crippen LogP contribution in [0.25, 0.3) is 0 Å². The average Bonchev–Trinajstić information content (AvgIpc) is 2.31. The van der Waals surface area contributed by atoms with Crippen molar-refractivity contribution in [1.82, 2.24) is 4.90 Å². The Labute approximate surface area is 119 Å². The van der Waals surface area contributed by atoms with Crippen molar-refractivity contribution in [3.8, 4) is 0 Å². The fraction of sp³-hybridized carbons (Fsp3) is 0.800. The Bertz CT molecular complexity index is 456. The number of rotatable bonds is 3. The quantitative estimate of drug-likeness (QED) is 0.803. The molecule has 5 heteroatoms. The monoisotopic (exact) mass is 281 g/mol.